The molecule has 0 fully saturated rings. The molecule has 3 nitrogen and oxygen atoms in total. The van der Waals surface area contributed by atoms with Gasteiger partial charge in [0.05, 0.1) is 23.0 Å². The Balaban J connectivity index is 2.50. The molecule has 0 aliphatic rings. The Morgan fingerprint density at radius 1 is 1.44 bits per heavy atom. The van der Waals surface area contributed by atoms with Crippen LogP contribution in [0.1, 0.15) is 24.2 Å². The summed E-state index contributed by atoms with van der Waals surface area (Å²) in [6, 6.07) is 2.31. The number of aromatic nitrogens is 2. The number of halogens is 3. The molecule has 6 heteroatoms. The highest BCUT2D eigenvalue weighted by Gasteiger charge is 2.21. The van der Waals surface area contributed by atoms with Crippen molar-refractivity contribution in [1.29, 1.82) is 0 Å². The number of aryl methyl sites for hydroxylation is 1. The predicted octanol–water partition coefficient (Wildman–Crippen LogP) is 2.88. The van der Waals surface area contributed by atoms with Crippen LogP contribution in [0.15, 0.2) is 24.4 Å². The number of rotatable bonds is 3. The van der Waals surface area contributed by atoms with Gasteiger partial charge < -0.3 is 5.73 Å². The average molecular weight is 272 g/mol. The van der Waals surface area contributed by atoms with Crippen molar-refractivity contribution in [2.45, 2.75) is 19.5 Å². The Morgan fingerprint density at radius 3 is 2.83 bits per heavy atom. The molecule has 2 aromatic rings. The molecule has 0 aliphatic carbocycles. The normalized spacial score (nSPS) is 12.7. The number of nitrogens with two attached hydrogens (primary N) is 1. The second-order valence-electron chi connectivity index (χ2n) is 3.84. The lowest BCUT2D eigenvalue weighted by atomic mass is 10.0. The van der Waals surface area contributed by atoms with Crippen LogP contribution in [-0.4, -0.2) is 9.78 Å². The molecular weight excluding hydrogens is 260 g/mol. The van der Waals surface area contributed by atoms with E-state index in [1.165, 1.54) is 6.20 Å². The largest absolute Gasteiger partial charge is 0.319 e. The standard InChI is InChI=1S/C12H12ClF2N3/c1-2-18-12(9(13)6-17-18)11(16)8-5-7(14)3-4-10(8)15/h3-6,11H,2,16H2,1H3. The van der Waals surface area contributed by atoms with Gasteiger partial charge in [0.1, 0.15) is 11.6 Å². The van der Waals surface area contributed by atoms with E-state index in [2.05, 4.69) is 5.10 Å². The van der Waals surface area contributed by atoms with E-state index < -0.39 is 17.7 Å². The van der Waals surface area contributed by atoms with Gasteiger partial charge in [-0.25, -0.2) is 8.78 Å². The van der Waals surface area contributed by atoms with Crippen LogP contribution in [0.25, 0.3) is 0 Å². The van der Waals surface area contributed by atoms with Gasteiger partial charge in [-0.15, -0.1) is 0 Å². The van der Waals surface area contributed by atoms with Crippen molar-refractivity contribution in [3.05, 3.63) is 52.3 Å². The zero-order valence-electron chi connectivity index (χ0n) is 9.70. The van der Waals surface area contributed by atoms with Gasteiger partial charge in [0.25, 0.3) is 0 Å². The number of nitrogens with zero attached hydrogens (tertiary/aromatic N) is 2. The summed E-state index contributed by atoms with van der Waals surface area (Å²) in [6.45, 7) is 2.41. The van der Waals surface area contributed by atoms with E-state index in [0.717, 1.165) is 18.2 Å². The van der Waals surface area contributed by atoms with Gasteiger partial charge in [-0.05, 0) is 25.1 Å². The molecule has 2 N–H and O–H groups in total. The monoisotopic (exact) mass is 271 g/mol. The third-order valence-electron chi connectivity index (χ3n) is 2.72. The molecule has 18 heavy (non-hydrogen) atoms. The van der Waals surface area contributed by atoms with Crippen LogP contribution < -0.4 is 5.73 Å². The lowest BCUT2D eigenvalue weighted by molar-refractivity contribution is 0.555. The van der Waals surface area contributed by atoms with Crippen molar-refractivity contribution < 1.29 is 8.78 Å². The number of hydrogen-bond donors (Lipinski definition) is 1. The summed E-state index contributed by atoms with van der Waals surface area (Å²) in [6.07, 6.45) is 1.44. The third-order valence-corrected chi connectivity index (χ3v) is 3.01. The van der Waals surface area contributed by atoms with Crippen LogP contribution in [0.2, 0.25) is 5.02 Å². The van der Waals surface area contributed by atoms with E-state index in [9.17, 15) is 8.78 Å². The lowest BCUT2D eigenvalue weighted by Gasteiger charge is -2.15. The van der Waals surface area contributed by atoms with Crippen molar-refractivity contribution >= 4 is 11.6 Å². The maximum atomic E-state index is 13.7. The summed E-state index contributed by atoms with van der Waals surface area (Å²) in [4.78, 5) is 0. The van der Waals surface area contributed by atoms with Gasteiger partial charge in [-0.2, -0.15) is 5.10 Å². The van der Waals surface area contributed by atoms with E-state index in [0.29, 0.717) is 17.3 Å². The summed E-state index contributed by atoms with van der Waals surface area (Å²) < 4.78 is 28.4. The first-order valence-corrected chi connectivity index (χ1v) is 5.84. The van der Waals surface area contributed by atoms with Gasteiger partial charge in [0.15, 0.2) is 0 Å². The minimum absolute atomic E-state index is 0.0621. The highest BCUT2D eigenvalue weighted by Crippen LogP contribution is 2.28. The SMILES string of the molecule is CCn1ncc(Cl)c1C(N)c1cc(F)ccc1F. The van der Waals surface area contributed by atoms with Gasteiger partial charge in [0.2, 0.25) is 0 Å². The molecule has 1 heterocycles. The van der Waals surface area contributed by atoms with E-state index in [1.54, 1.807) is 4.68 Å². The molecule has 2 rings (SSSR count). The number of benzene rings is 1. The fourth-order valence-electron chi connectivity index (χ4n) is 1.83. The maximum absolute atomic E-state index is 13.7. The number of hydrogen-bond acceptors (Lipinski definition) is 2. The summed E-state index contributed by atoms with van der Waals surface area (Å²) in [7, 11) is 0. The second kappa shape index (κ2) is 5.04. The van der Waals surface area contributed by atoms with Gasteiger partial charge >= 0.3 is 0 Å². The van der Waals surface area contributed by atoms with Crippen LogP contribution in [0.3, 0.4) is 0 Å². The zero-order valence-corrected chi connectivity index (χ0v) is 10.5. The van der Waals surface area contributed by atoms with Crippen molar-refractivity contribution in [3.63, 3.8) is 0 Å². The summed E-state index contributed by atoms with van der Waals surface area (Å²) in [5, 5.41) is 4.36. The molecule has 0 spiro atoms. The molecule has 0 radical (unpaired) electrons. The molecule has 1 unspecified atom stereocenters. The Kier molecular flexibility index (Phi) is 3.63. The van der Waals surface area contributed by atoms with E-state index >= 15 is 0 Å². The third kappa shape index (κ3) is 2.23. The predicted molar refractivity (Wildman–Crippen MR) is 65.3 cm³/mol. The van der Waals surface area contributed by atoms with Crippen LogP contribution in [-0.2, 0) is 6.54 Å². The smallest absolute Gasteiger partial charge is 0.128 e. The summed E-state index contributed by atoms with van der Waals surface area (Å²) in [5.74, 6) is -1.11. The molecule has 0 saturated heterocycles. The molecule has 0 aliphatic heterocycles. The Morgan fingerprint density at radius 2 is 2.17 bits per heavy atom. The second-order valence-corrected chi connectivity index (χ2v) is 4.24. The van der Waals surface area contributed by atoms with E-state index in [4.69, 9.17) is 17.3 Å². The minimum atomic E-state index is -0.851. The Bertz CT molecular complexity index is 568. The van der Waals surface area contributed by atoms with E-state index in [-0.39, 0.29) is 5.56 Å². The van der Waals surface area contributed by atoms with Crippen molar-refractivity contribution in [3.8, 4) is 0 Å². The highest BCUT2D eigenvalue weighted by atomic mass is 35.5. The fraction of sp³-hybridized carbons (Fsp3) is 0.250. The van der Waals surface area contributed by atoms with Crippen LogP contribution >= 0.6 is 11.6 Å². The van der Waals surface area contributed by atoms with Crippen molar-refractivity contribution in [2.75, 3.05) is 0 Å². The average Bonchev–Trinajstić information content (AvgIpc) is 2.72. The van der Waals surface area contributed by atoms with Crippen LogP contribution in [0.5, 0.6) is 0 Å². The van der Waals surface area contributed by atoms with Gasteiger partial charge in [-0.3, -0.25) is 4.68 Å². The first-order valence-electron chi connectivity index (χ1n) is 5.46. The van der Waals surface area contributed by atoms with Crippen molar-refractivity contribution in [2.24, 2.45) is 5.73 Å². The molecule has 0 amide bonds. The van der Waals surface area contributed by atoms with Gasteiger partial charge in [-0.1, -0.05) is 11.6 Å². The highest BCUT2D eigenvalue weighted by molar-refractivity contribution is 6.31. The summed E-state index contributed by atoms with van der Waals surface area (Å²) in [5.41, 5.74) is 6.49. The fourth-order valence-corrected chi connectivity index (χ4v) is 2.09. The maximum Gasteiger partial charge on any atom is 0.128 e. The minimum Gasteiger partial charge on any atom is -0.319 e. The van der Waals surface area contributed by atoms with Crippen LogP contribution in [0.4, 0.5) is 8.78 Å². The zero-order chi connectivity index (χ0) is 13.3. The lowest BCUT2D eigenvalue weighted by Crippen LogP contribution is -2.19. The summed E-state index contributed by atoms with van der Waals surface area (Å²) >= 11 is 5.98. The van der Waals surface area contributed by atoms with Crippen LogP contribution in [0, 0.1) is 11.6 Å². The topological polar surface area (TPSA) is 43.8 Å². The first-order chi connectivity index (χ1) is 8.54. The molecule has 1 aromatic heterocycles. The molecule has 0 saturated carbocycles. The first kappa shape index (κ1) is 13.0. The molecule has 96 valence electrons. The van der Waals surface area contributed by atoms with Crippen molar-refractivity contribution in [1.82, 2.24) is 9.78 Å². The molecule has 0 bridgehead atoms. The Hall–Kier alpha value is -1.46. The quantitative estimate of drug-likeness (QED) is 0.933. The van der Waals surface area contributed by atoms with Gasteiger partial charge in [0, 0.05) is 12.1 Å². The molecule has 1 atom stereocenters. The molecular formula is C12H12ClF2N3. The Labute approximate surface area is 108 Å². The molecule has 1 aromatic carbocycles. The van der Waals surface area contributed by atoms with E-state index in [1.807, 2.05) is 6.92 Å².